The average Bonchev–Trinajstić information content (AvgIpc) is 3.12. The summed E-state index contributed by atoms with van der Waals surface area (Å²) >= 11 is 0. The highest BCUT2D eigenvalue weighted by atomic mass is 16.5. The molecule has 25 heavy (non-hydrogen) atoms. The first-order valence-electron chi connectivity index (χ1n) is 8.31. The summed E-state index contributed by atoms with van der Waals surface area (Å²) in [6, 6.07) is 9.16. The van der Waals surface area contributed by atoms with E-state index in [9.17, 15) is 9.59 Å². The number of carboxylic acids is 1. The molecule has 1 saturated carbocycles. The molecule has 1 aliphatic rings. The van der Waals surface area contributed by atoms with E-state index in [1.54, 1.807) is 13.2 Å². The number of benzene rings is 1. The number of methoxy groups -OCH3 is 1. The molecular weight excluding hydrogens is 322 g/mol. The molecule has 1 amide bonds. The van der Waals surface area contributed by atoms with Crippen LogP contribution in [-0.4, -0.2) is 40.3 Å². The van der Waals surface area contributed by atoms with Crippen LogP contribution in [0.15, 0.2) is 30.3 Å². The fourth-order valence-electron chi connectivity index (χ4n) is 3.18. The van der Waals surface area contributed by atoms with Gasteiger partial charge in [-0.2, -0.15) is 5.10 Å². The lowest BCUT2D eigenvalue weighted by Gasteiger charge is -2.26. The van der Waals surface area contributed by atoms with E-state index >= 15 is 0 Å². The van der Waals surface area contributed by atoms with Gasteiger partial charge in [0.1, 0.15) is 11.4 Å². The van der Waals surface area contributed by atoms with E-state index in [-0.39, 0.29) is 17.9 Å². The van der Waals surface area contributed by atoms with Crippen molar-refractivity contribution in [2.45, 2.75) is 31.7 Å². The zero-order valence-electron chi connectivity index (χ0n) is 14.0. The molecule has 3 rings (SSSR count). The lowest BCUT2D eigenvalue weighted by atomic mass is 9.86. The number of hydrogen-bond acceptors (Lipinski definition) is 4. The molecule has 0 spiro atoms. The van der Waals surface area contributed by atoms with Gasteiger partial charge in [-0.05, 0) is 43.9 Å². The van der Waals surface area contributed by atoms with Gasteiger partial charge in [-0.15, -0.1) is 0 Å². The number of amides is 1. The molecule has 1 aromatic carbocycles. The third-order valence-electron chi connectivity index (χ3n) is 4.62. The molecule has 1 aromatic heterocycles. The summed E-state index contributed by atoms with van der Waals surface area (Å²) in [6.07, 6.45) is 2.54. The molecule has 7 heteroatoms. The largest absolute Gasteiger partial charge is 0.496 e. The first kappa shape index (κ1) is 17.0. The summed E-state index contributed by atoms with van der Waals surface area (Å²) in [5.74, 6) is -0.586. The number of H-pyrrole nitrogens is 1. The summed E-state index contributed by atoms with van der Waals surface area (Å²) in [5, 5.41) is 18.9. The number of nitrogens with zero attached hydrogens (tertiary/aromatic N) is 1. The van der Waals surface area contributed by atoms with Crippen molar-refractivity contribution in [1.82, 2.24) is 15.5 Å². The van der Waals surface area contributed by atoms with Crippen LogP contribution in [0.1, 0.15) is 36.2 Å². The Kier molecular flexibility index (Phi) is 5.02. The van der Waals surface area contributed by atoms with Crippen LogP contribution in [0, 0.1) is 5.92 Å². The zero-order valence-corrected chi connectivity index (χ0v) is 14.0. The minimum atomic E-state index is -0.750. The van der Waals surface area contributed by atoms with E-state index < -0.39 is 5.97 Å². The molecule has 1 heterocycles. The summed E-state index contributed by atoms with van der Waals surface area (Å²) in [7, 11) is 1.59. The third kappa shape index (κ3) is 3.81. The Morgan fingerprint density at radius 1 is 1.24 bits per heavy atom. The number of carboxylic acid groups (broad SMARTS) is 1. The molecule has 1 fully saturated rings. The highest BCUT2D eigenvalue weighted by Crippen LogP contribution is 2.28. The normalized spacial score (nSPS) is 20.0. The number of ether oxygens (including phenoxy) is 1. The molecule has 0 atom stereocenters. The molecule has 7 nitrogen and oxygen atoms in total. The summed E-state index contributed by atoms with van der Waals surface area (Å²) in [6.45, 7) is 0. The Balaban J connectivity index is 1.64. The topological polar surface area (TPSA) is 104 Å². The van der Waals surface area contributed by atoms with Gasteiger partial charge in [-0.1, -0.05) is 12.1 Å². The predicted octanol–water partition coefficient (Wildman–Crippen LogP) is 2.46. The van der Waals surface area contributed by atoms with Crippen molar-refractivity contribution in [3.63, 3.8) is 0 Å². The maximum atomic E-state index is 12.4. The van der Waals surface area contributed by atoms with E-state index in [0.29, 0.717) is 42.8 Å². The Morgan fingerprint density at radius 3 is 2.64 bits per heavy atom. The molecule has 0 radical (unpaired) electrons. The van der Waals surface area contributed by atoms with Gasteiger partial charge >= 0.3 is 5.97 Å². The van der Waals surface area contributed by atoms with Crippen LogP contribution in [0.3, 0.4) is 0 Å². The van der Waals surface area contributed by atoms with Crippen LogP contribution in [0.25, 0.3) is 11.3 Å². The maximum Gasteiger partial charge on any atom is 0.306 e. The smallest absolute Gasteiger partial charge is 0.306 e. The lowest BCUT2D eigenvalue weighted by Crippen LogP contribution is -2.38. The standard InChI is InChI=1S/C18H21N3O4/c1-25-16-5-3-2-4-13(16)14-10-15(21-20-14)17(22)19-12-8-6-11(7-9-12)18(23)24/h2-5,10-12H,6-9H2,1H3,(H,19,22)(H,20,21)(H,23,24). The highest BCUT2D eigenvalue weighted by Gasteiger charge is 2.27. The Morgan fingerprint density at radius 2 is 1.96 bits per heavy atom. The first-order chi connectivity index (χ1) is 12.1. The van der Waals surface area contributed by atoms with E-state index in [1.807, 2.05) is 24.3 Å². The van der Waals surface area contributed by atoms with Gasteiger partial charge in [-0.3, -0.25) is 14.7 Å². The Hall–Kier alpha value is -2.83. The monoisotopic (exact) mass is 343 g/mol. The van der Waals surface area contributed by atoms with Crippen LogP contribution < -0.4 is 10.1 Å². The van der Waals surface area contributed by atoms with E-state index in [0.717, 1.165) is 5.56 Å². The van der Waals surface area contributed by atoms with Crippen molar-refractivity contribution < 1.29 is 19.4 Å². The molecule has 0 saturated heterocycles. The summed E-state index contributed by atoms with van der Waals surface area (Å²) in [5.41, 5.74) is 1.82. The third-order valence-corrected chi connectivity index (χ3v) is 4.62. The van der Waals surface area contributed by atoms with Gasteiger partial charge < -0.3 is 15.2 Å². The number of carbonyl (C=O) groups is 2. The van der Waals surface area contributed by atoms with Crippen molar-refractivity contribution in [3.8, 4) is 17.0 Å². The number of aliphatic carboxylic acids is 1. The van der Waals surface area contributed by atoms with Crippen molar-refractivity contribution >= 4 is 11.9 Å². The van der Waals surface area contributed by atoms with Gasteiger partial charge in [0, 0.05) is 11.6 Å². The number of hydrogen-bond donors (Lipinski definition) is 3. The number of aromatic amines is 1. The molecule has 132 valence electrons. The van der Waals surface area contributed by atoms with Crippen molar-refractivity contribution in [1.29, 1.82) is 0 Å². The molecule has 1 aliphatic carbocycles. The van der Waals surface area contributed by atoms with Crippen LogP contribution in [-0.2, 0) is 4.79 Å². The quantitative estimate of drug-likeness (QED) is 0.773. The molecular formula is C18H21N3O4. The van der Waals surface area contributed by atoms with Gasteiger partial charge in [0.15, 0.2) is 0 Å². The van der Waals surface area contributed by atoms with Crippen LogP contribution in [0.2, 0.25) is 0 Å². The van der Waals surface area contributed by atoms with Crippen LogP contribution in [0.4, 0.5) is 0 Å². The number of aromatic nitrogens is 2. The fourth-order valence-corrected chi connectivity index (χ4v) is 3.18. The molecule has 0 bridgehead atoms. The fraction of sp³-hybridized carbons (Fsp3) is 0.389. The van der Waals surface area contributed by atoms with Crippen molar-refractivity contribution in [3.05, 3.63) is 36.0 Å². The highest BCUT2D eigenvalue weighted by molar-refractivity contribution is 5.93. The van der Waals surface area contributed by atoms with E-state index in [1.165, 1.54) is 0 Å². The second kappa shape index (κ2) is 7.38. The second-order valence-corrected chi connectivity index (χ2v) is 6.23. The molecule has 0 aliphatic heterocycles. The van der Waals surface area contributed by atoms with Crippen LogP contribution in [0.5, 0.6) is 5.75 Å². The lowest BCUT2D eigenvalue weighted by molar-refractivity contribution is -0.142. The Labute approximate surface area is 145 Å². The number of para-hydroxylation sites is 1. The minimum Gasteiger partial charge on any atom is -0.496 e. The summed E-state index contributed by atoms with van der Waals surface area (Å²) < 4.78 is 5.32. The maximum absolute atomic E-state index is 12.4. The molecule has 3 N–H and O–H groups in total. The van der Waals surface area contributed by atoms with Crippen LogP contribution >= 0.6 is 0 Å². The van der Waals surface area contributed by atoms with Crippen molar-refractivity contribution in [2.24, 2.45) is 5.92 Å². The van der Waals surface area contributed by atoms with Gasteiger partial charge in [-0.25, -0.2) is 0 Å². The molecule has 0 unspecified atom stereocenters. The zero-order chi connectivity index (χ0) is 17.8. The predicted molar refractivity (Wildman–Crippen MR) is 91.4 cm³/mol. The Bertz CT molecular complexity index is 763. The van der Waals surface area contributed by atoms with Gasteiger partial charge in [0.25, 0.3) is 5.91 Å². The van der Waals surface area contributed by atoms with Crippen molar-refractivity contribution in [2.75, 3.05) is 7.11 Å². The number of carbonyl (C=O) groups excluding carboxylic acids is 1. The minimum absolute atomic E-state index is 0.00103. The van der Waals surface area contributed by atoms with E-state index in [4.69, 9.17) is 9.84 Å². The number of rotatable bonds is 5. The first-order valence-corrected chi connectivity index (χ1v) is 8.31. The average molecular weight is 343 g/mol. The van der Waals surface area contributed by atoms with Gasteiger partial charge in [0.05, 0.1) is 18.7 Å². The number of nitrogens with one attached hydrogen (secondary N) is 2. The molecule has 2 aromatic rings. The van der Waals surface area contributed by atoms with Gasteiger partial charge in [0.2, 0.25) is 0 Å². The van der Waals surface area contributed by atoms with E-state index in [2.05, 4.69) is 15.5 Å². The SMILES string of the molecule is COc1ccccc1-c1cc(C(=O)NC2CCC(C(=O)O)CC2)[nH]n1. The summed E-state index contributed by atoms with van der Waals surface area (Å²) in [4.78, 5) is 23.4. The second-order valence-electron chi connectivity index (χ2n) is 6.23.